The first kappa shape index (κ1) is 12.6. The Morgan fingerprint density at radius 2 is 2.26 bits per heavy atom. The van der Waals surface area contributed by atoms with E-state index in [9.17, 15) is 19.3 Å². The molecular weight excluding hydrogens is 257 g/mol. The second kappa shape index (κ2) is 4.80. The van der Waals surface area contributed by atoms with Gasteiger partial charge < -0.3 is 0 Å². The fourth-order valence-electron chi connectivity index (χ4n) is 1.43. The minimum atomic E-state index is -0.831. The number of aromatic nitrogens is 3. The van der Waals surface area contributed by atoms with Crippen LogP contribution in [0.2, 0.25) is 0 Å². The zero-order valence-corrected chi connectivity index (χ0v) is 9.70. The van der Waals surface area contributed by atoms with Crippen LogP contribution in [-0.4, -0.2) is 25.6 Å². The number of anilines is 1. The lowest BCUT2D eigenvalue weighted by molar-refractivity contribution is -0.385. The van der Waals surface area contributed by atoms with E-state index in [1.54, 1.807) is 0 Å². The largest absolute Gasteiger partial charge is 0.290 e. The first-order valence-corrected chi connectivity index (χ1v) is 5.08. The quantitative estimate of drug-likeness (QED) is 0.661. The Labute approximate surface area is 106 Å². The summed E-state index contributed by atoms with van der Waals surface area (Å²) >= 11 is 0. The van der Waals surface area contributed by atoms with Crippen molar-refractivity contribution in [2.24, 2.45) is 7.05 Å². The zero-order valence-electron chi connectivity index (χ0n) is 9.70. The third-order valence-electron chi connectivity index (χ3n) is 2.34. The maximum absolute atomic E-state index is 13.1. The highest BCUT2D eigenvalue weighted by Crippen LogP contribution is 2.20. The third kappa shape index (κ3) is 2.54. The number of amides is 1. The lowest BCUT2D eigenvalue weighted by atomic mass is 10.1. The summed E-state index contributed by atoms with van der Waals surface area (Å²) in [5.74, 6) is -1.47. The van der Waals surface area contributed by atoms with Crippen molar-refractivity contribution in [2.75, 3.05) is 5.32 Å². The highest BCUT2D eigenvalue weighted by atomic mass is 19.1. The molecule has 1 amide bonds. The summed E-state index contributed by atoms with van der Waals surface area (Å²) in [6.07, 6.45) is 1.20. The number of nitrogens with one attached hydrogen (secondary N) is 1. The number of nitro benzene ring substituents is 1. The lowest BCUT2D eigenvalue weighted by Gasteiger charge is -2.04. The van der Waals surface area contributed by atoms with E-state index in [-0.39, 0.29) is 11.5 Å². The zero-order chi connectivity index (χ0) is 14.0. The standard InChI is InChI=1S/C10H8FN5O3/c1-15-10(12-5-13-15)14-9(17)7-4-6(11)2-3-8(7)16(18)19/h2-5H,1H3,(H,12,13,14,17). The van der Waals surface area contributed by atoms with Crippen LogP contribution >= 0.6 is 0 Å². The van der Waals surface area contributed by atoms with Crippen LogP contribution in [0.3, 0.4) is 0 Å². The molecule has 0 atom stereocenters. The number of nitro groups is 1. The van der Waals surface area contributed by atoms with Crippen LogP contribution in [0.4, 0.5) is 16.0 Å². The maximum atomic E-state index is 13.1. The molecular formula is C10H8FN5O3. The van der Waals surface area contributed by atoms with Crippen molar-refractivity contribution in [3.63, 3.8) is 0 Å². The molecule has 8 nitrogen and oxygen atoms in total. The number of benzene rings is 1. The van der Waals surface area contributed by atoms with E-state index in [2.05, 4.69) is 15.4 Å². The molecule has 98 valence electrons. The average molecular weight is 265 g/mol. The SMILES string of the molecule is Cn1ncnc1NC(=O)c1cc(F)ccc1[N+](=O)[O-]. The highest BCUT2D eigenvalue weighted by Gasteiger charge is 2.21. The molecule has 0 aliphatic carbocycles. The van der Waals surface area contributed by atoms with Gasteiger partial charge in [-0.05, 0) is 12.1 Å². The van der Waals surface area contributed by atoms with Crippen LogP contribution in [0.1, 0.15) is 10.4 Å². The minimum absolute atomic E-state index is 0.101. The van der Waals surface area contributed by atoms with Crippen molar-refractivity contribution in [3.8, 4) is 0 Å². The van der Waals surface area contributed by atoms with Crippen molar-refractivity contribution in [1.29, 1.82) is 0 Å². The second-order valence-corrected chi connectivity index (χ2v) is 3.58. The summed E-state index contributed by atoms with van der Waals surface area (Å²) in [6.45, 7) is 0. The van der Waals surface area contributed by atoms with Crippen LogP contribution in [0.25, 0.3) is 0 Å². The van der Waals surface area contributed by atoms with E-state index < -0.39 is 22.3 Å². The van der Waals surface area contributed by atoms with Gasteiger partial charge in [0.25, 0.3) is 11.6 Å². The van der Waals surface area contributed by atoms with Gasteiger partial charge in [0, 0.05) is 13.1 Å². The normalized spacial score (nSPS) is 10.2. The number of nitrogens with zero attached hydrogens (tertiary/aromatic N) is 4. The molecule has 0 fully saturated rings. The molecule has 0 saturated carbocycles. The maximum Gasteiger partial charge on any atom is 0.282 e. The van der Waals surface area contributed by atoms with Crippen LogP contribution in [0.15, 0.2) is 24.5 Å². The van der Waals surface area contributed by atoms with Crippen LogP contribution < -0.4 is 5.32 Å². The molecule has 1 N–H and O–H groups in total. The summed E-state index contributed by atoms with van der Waals surface area (Å²) in [6, 6.07) is 2.64. The van der Waals surface area contributed by atoms with Gasteiger partial charge in [-0.2, -0.15) is 10.1 Å². The van der Waals surface area contributed by atoms with E-state index in [1.807, 2.05) is 0 Å². The monoisotopic (exact) mass is 265 g/mol. The molecule has 0 bridgehead atoms. The average Bonchev–Trinajstić information content (AvgIpc) is 2.74. The van der Waals surface area contributed by atoms with Gasteiger partial charge in [-0.15, -0.1) is 0 Å². The van der Waals surface area contributed by atoms with Crippen molar-refractivity contribution < 1.29 is 14.1 Å². The number of hydrogen-bond donors (Lipinski definition) is 1. The molecule has 0 radical (unpaired) electrons. The van der Waals surface area contributed by atoms with E-state index >= 15 is 0 Å². The summed E-state index contributed by atoms with van der Waals surface area (Å²) in [5.41, 5.74) is -0.867. The Kier molecular flexibility index (Phi) is 3.19. The molecule has 0 unspecified atom stereocenters. The lowest BCUT2D eigenvalue weighted by Crippen LogP contribution is -2.17. The number of carbonyl (C=O) groups excluding carboxylic acids is 1. The fourth-order valence-corrected chi connectivity index (χ4v) is 1.43. The number of halogens is 1. The summed E-state index contributed by atoms with van der Waals surface area (Å²) in [5, 5.41) is 16.8. The van der Waals surface area contributed by atoms with Crippen molar-refractivity contribution >= 4 is 17.5 Å². The second-order valence-electron chi connectivity index (χ2n) is 3.58. The van der Waals surface area contributed by atoms with Gasteiger partial charge in [-0.3, -0.25) is 20.2 Å². The Hall–Kier alpha value is -2.84. The molecule has 0 aliphatic heterocycles. The van der Waals surface area contributed by atoms with Crippen molar-refractivity contribution in [3.05, 3.63) is 46.0 Å². The molecule has 2 rings (SSSR count). The molecule has 0 spiro atoms. The van der Waals surface area contributed by atoms with Gasteiger partial charge in [-0.1, -0.05) is 0 Å². The smallest absolute Gasteiger partial charge is 0.282 e. The number of hydrogen-bond acceptors (Lipinski definition) is 5. The molecule has 1 aromatic heterocycles. The fraction of sp³-hybridized carbons (Fsp3) is 0.100. The predicted molar refractivity (Wildman–Crippen MR) is 62.0 cm³/mol. The van der Waals surface area contributed by atoms with Crippen LogP contribution in [0, 0.1) is 15.9 Å². The minimum Gasteiger partial charge on any atom is -0.290 e. The predicted octanol–water partition coefficient (Wildman–Crippen LogP) is 1.11. The van der Waals surface area contributed by atoms with Gasteiger partial charge >= 0.3 is 0 Å². The molecule has 1 aromatic carbocycles. The molecule has 0 saturated heterocycles. The number of carbonyl (C=O) groups is 1. The molecule has 1 heterocycles. The van der Waals surface area contributed by atoms with Gasteiger partial charge in [0.05, 0.1) is 4.92 Å². The number of rotatable bonds is 3. The Bertz CT molecular complexity index is 654. The Morgan fingerprint density at radius 3 is 2.84 bits per heavy atom. The van der Waals surface area contributed by atoms with Gasteiger partial charge in [0.1, 0.15) is 17.7 Å². The van der Waals surface area contributed by atoms with Gasteiger partial charge in [0.2, 0.25) is 5.95 Å². The third-order valence-corrected chi connectivity index (χ3v) is 2.34. The topological polar surface area (TPSA) is 103 Å². The van der Waals surface area contributed by atoms with Crippen molar-refractivity contribution in [1.82, 2.24) is 14.8 Å². The Morgan fingerprint density at radius 1 is 1.53 bits per heavy atom. The van der Waals surface area contributed by atoms with Gasteiger partial charge in [-0.25, -0.2) is 9.07 Å². The Balaban J connectivity index is 2.36. The summed E-state index contributed by atoms with van der Waals surface area (Å²) < 4.78 is 14.4. The van der Waals surface area contributed by atoms with Crippen LogP contribution in [-0.2, 0) is 7.05 Å². The van der Waals surface area contributed by atoms with E-state index in [4.69, 9.17) is 0 Å². The number of aryl methyl sites for hydroxylation is 1. The highest BCUT2D eigenvalue weighted by molar-refractivity contribution is 6.06. The van der Waals surface area contributed by atoms with Crippen molar-refractivity contribution in [2.45, 2.75) is 0 Å². The van der Waals surface area contributed by atoms with E-state index in [1.165, 1.54) is 18.1 Å². The van der Waals surface area contributed by atoms with Crippen LogP contribution in [0.5, 0.6) is 0 Å². The van der Waals surface area contributed by atoms with Gasteiger partial charge in [0.15, 0.2) is 0 Å². The first-order chi connectivity index (χ1) is 8.99. The van der Waals surface area contributed by atoms with E-state index in [0.717, 1.165) is 18.2 Å². The molecule has 9 heteroatoms. The summed E-state index contributed by atoms with van der Waals surface area (Å²) in [7, 11) is 1.53. The molecule has 19 heavy (non-hydrogen) atoms. The molecule has 0 aliphatic rings. The van der Waals surface area contributed by atoms with E-state index in [0.29, 0.717) is 0 Å². The molecule has 2 aromatic rings. The summed E-state index contributed by atoms with van der Waals surface area (Å²) in [4.78, 5) is 25.6. The first-order valence-electron chi connectivity index (χ1n) is 5.08.